The molecule has 2 rings (SSSR count). The summed E-state index contributed by atoms with van der Waals surface area (Å²) >= 11 is 1.33. The number of amides is 3. The van der Waals surface area contributed by atoms with E-state index in [0.29, 0.717) is 18.3 Å². The number of nitrogens with two attached hydrogens (primary N) is 1. The van der Waals surface area contributed by atoms with Gasteiger partial charge in [-0.05, 0) is 0 Å². The summed E-state index contributed by atoms with van der Waals surface area (Å²) in [5, 5.41) is 4.93. The number of anilines is 1. The van der Waals surface area contributed by atoms with E-state index in [0.717, 1.165) is 0 Å². The van der Waals surface area contributed by atoms with Crippen LogP contribution in [0, 0.1) is 0 Å². The van der Waals surface area contributed by atoms with Gasteiger partial charge in [0.1, 0.15) is 0 Å². The fraction of sp³-hybridized carbons (Fsp3) is 0.444. The van der Waals surface area contributed by atoms with Gasteiger partial charge in [0.25, 0.3) is 0 Å². The number of nitrogens with one attached hydrogen (secondary N) is 1. The smallest absolute Gasteiger partial charge is 0.323 e. The van der Waals surface area contributed by atoms with Crippen LogP contribution in [0.1, 0.15) is 0 Å². The largest absolute Gasteiger partial charge is 0.367 e. The van der Waals surface area contributed by atoms with E-state index >= 15 is 0 Å². The first kappa shape index (κ1) is 11.8. The lowest BCUT2D eigenvalue weighted by molar-refractivity contribution is -0.133. The van der Waals surface area contributed by atoms with E-state index < -0.39 is 12.0 Å². The molecule has 0 spiro atoms. The molecule has 1 fully saturated rings. The van der Waals surface area contributed by atoms with E-state index in [1.54, 1.807) is 11.6 Å². The standard InChI is InChI=1S/C9H12N4O3S/c10-7(14)6-5-13(2-3-16-6)9(15)12-8-11-1-4-17-8/h1,4,6H,2-3,5H2,(H2,10,14)(H,11,12,15). The van der Waals surface area contributed by atoms with Crippen molar-refractivity contribution < 1.29 is 14.3 Å². The van der Waals surface area contributed by atoms with Gasteiger partial charge in [-0.2, -0.15) is 0 Å². The Labute approximate surface area is 102 Å². The number of nitrogens with zero attached hydrogens (tertiary/aromatic N) is 2. The first-order chi connectivity index (χ1) is 8.16. The lowest BCUT2D eigenvalue weighted by Crippen LogP contribution is -2.51. The molecule has 0 aliphatic carbocycles. The van der Waals surface area contributed by atoms with E-state index in [9.17, 15) is 9.59 Å². The van der Waals surface area contributed by atoms with E-state index in [1.807, 2.05) is 0 Å². The quantitative estimate of drug-likeness (QED) is 0.769. The highest BCUT2D eigenvalue weighted by Gasteiger charge is 2.27. The van der Waals surface area contributed by atoms with Crippen molar-refractivity contribution in [2.24, 2.45) is 5.73 Å². The molecule has 1 atom stereocenters. The zero-order valence-electron chi connectivity index (χ0n) is 8.96. The summed E-state index contributed by atoms with van der Waals surface area (Å²) < 4.78 is 5.15. The third kappa shape index (κ3) is 2.92. The first-order valence-corrected chi connectivity index (χ1v) is 5.91. The number of rotatable bonds is 2. The molecule has 92 valence electrons. The summed E-state index contributed by atoms with van der Waals surface area (Å²) in [6.07, 6.45) is 0.872. The van der Waals surface area contributed by atoms with Gasteiger partial charge in [-0.15, -0.1) is 11.3 Å². The lowest BCUT2D eigenvalue weighted by Gasteiger charge is -2.30. The van der Waals surface area contributed by atoms with Gasteiger partial charge in [0.2, 0.25) is 5.91 Å². The highest BCUT2D eigenvalue weighted by Crippen LogP contribution is 2.12. The van der Waals surface area contributed by atoms with E-state index in [4.69, 9.17) is 10.5 Å². The van der Waals surface area contributed by atoms with Crippen LogP contribution in [0.5, 0.6) is 0 Å². The van der Waals surface area contributed by atoms with Gasteiger partial charge < -0.3 is 15.4 Å². The van der Waals surface area contributed by atoms with Crippen molar-refractivity contribution in [1.82, 2.24) is 9.88 Å². The zero-order chi connectivity index (χ0) is 12.3. The molecular weight excluding hydrogens is 244 g/mol. The predicted molar refractivity (Wildman–Crippen MR) is 61.6 cm³/mol. The Kier molecular flexibility index (Phi) is 3.55. The van der Waals surface area contributed by atoms with Crippen LogP contribution in [-0.2, 0) is 9.53 Å². The fourth-order valence-corrected chi connectivity index (χ4v) is 1.98. The molecule has 1 aromatic rings. The predicted octanol–water partition coefficient (Wildman–Crippen LogP) is -0.139. The molecule has 2 heterocycles. The Bertz CT molecular complexity index is 408. The molecule has 0 saturated carbocycles. The number of thiazole rings is 1. The second-order valence-corrected chi connectivity index (χ2v) is 4.37. The average Bonchev–Trinajstić information content (AvgIpc) is 2.82. The number of carbonyl (C=O) groups excluding carboxylic acids is 2. The SMILES string of the molecule is NC(=O)C1CN(C(=O)Nc2nccs2)CCO1. The van der Waals surface area contributed by atoms with E-state index in [1.165, 1.54) is 16.2 Å². The molecule has 8 heteroatoms. The second kappa shape index (κ2) is 5.11. The van der Waals surface area contributed by atoms with Crippen molar-refractivity contribution in [3.8, 4) is 0 Å². The van der Waals surface area contributed by atoms with Gasteiger partial charge in [0.05, 0.1) is 13.2 Å². The fourth-order valence-electron chi connectivity index (χ4n) is 1.46. The van der Waals surface area contributed by atoms with Gasteiger partial charge in [0, 0.05) is 18.1 Å². The van der Waals surface area contributed by atoms with Gasteiger partial charge in [-0.3, -0.25) is 10.1 Å². The molecule has 1 aromatic heterocycles. The molecule has 0 radical (unpaired) electrons. The summed E-state index contributed by atoms with van der Waals surface area (Å²) in [5.74, 6) is -0.559. The van der Waals surface area contributed by atoms with Crippen LogP contribution in [-0.4, -0.2) is 47.6 Å². The number of morpholine rings is 1. The van der Waals surface area contributed by atoms with Crippen LogP contribution in [0.2, 0.25) is 0 Å². The van der Waals surface area contributed by atoms with Crippen molar-refractivity contribution in [1.29, 1.82) is 0 Å². The van der Waals surface area contributed by atoms with Crippen LogP contribution in [0.3, 0.4) is 0 Å². The van der Waals surface area contributed by atoms with Crippen molar-refractivity contribution in [3.63, 3.8) is 0 Å². The van der Waals surface area contributed by atoms with Gasteiger partial charge >= 0.3 is 6.03 Å². The van der Waals surface area contributed by atoms with E-state index in [-0.39, 0.29) is 12.6 Å². The van der Waals surface area contributed by atoms with Crippen LogP contribution < -0.4 is 11.1 Å². The normalized spacial score (nSPS) is 20.0. The molecule has 7 nitrogen and oxygen atoms in total. The highest BCUT2D eigenvalue weighted by atomic mass is 32.1. The maximum Gasteiger partial charge on any atom is 0.323 e. The van der Waals surface area contributed by atoms with Crippen LogP contribution in [0.25, 0.3) is 0 Å². The maximum atomic E-state index is 11.8. The number of aromatic nitrogens is 1. The molecule has 1 aliphatic rings. The molecule has 0 bridgehead atoms. The van der Waals surface area contributed by atoms with Gasteiger partial charge in [-0.1, -0.05) is 0 Å². The van der Waals surface area contributed by atoms with Crippen molar-refractivity contribution >= 4 is 28.4 Å². The lowest BCUT2D eigenvalue weighted by atomic mass is 10.2. The molecule has 1 aliphatic heterocycles. The number of primary amides is 1. The summed E-state index contributed by atoms with van der Waals surface area (Å²) in [7, 11) is 0. The summed E-state index contributed by atoms with van der Waals surface area (Å²) in [5.41, 5.74) is 5.13. The van der Waals surface area contributed by atoms with Crippen molar-refractivity contribution in [2.75, 3.05) is 25.0 Å². The van der Waals surface area contributed by atoms with Crippen LogP contribution in [0.4, 0.5) is 9.93 Å². The zero-order valence-corrected chi connectivity index (χ0v) is 9.77. The van der Waals surface area contributed by atoms with E-state index in [2.05, 4.69) is 10.3 Å². The van der Waals surface area contributed by atoms with Gasteiger partial charge in [-0.25, -0.2) is 9.78 Å². The Morgan fingerprint density at radius 2 is 2.47 bits per heavy atom. The minimum atomic E-state index is -0.731. The number of ether oxygens (including phenoxy) is 1. The van der Waals surface area contributed by atoms with Gasteiger partial charge in [0.15, 0.2) is 11.2 Å². The number of hydrogen-bond donors (Lipinski definition) is 2. The Hall–Kier alpha value is -1.67. The van der Waals surface area contributed by atoms with Crippen LogP contribution in [0.15, 0.2) is 11.6 Å². The molecule has 3 N–H and O–H groups in total. The third-order valence-corrected chi connectivity index (χ3v) is 3.01. The Morgan fingerprint density at radius 1 is 1.65 bits per heavy atom. The maximum absolute atomic E-state index is 11.8. The first-order valence-electron chi connectivity index (χ1n) is 5.03. The molecule has 17 heavy (non-hydrogen) atoms. The molecule has 1 saturated heterocycles. The molecular formula is C9H12N4O3S. The average molecular weight is 256 g/mol. The number of urea groups is 1. The van der Waals surface area contributed by atoms with Crippen molar-refractivity contribution in [2.45, 2.75) is 6.10 Å². The minimum absolute atomic E-state index is 0.173. The monoisotopic (exact) mass is 256 g/mol. The Morgan fingerprint density at radius 3 is 3.12 bits per heavy atom. The minimum Gasteiger partial charge on any atom is -0.367 e. The van der Waals surface area contributed by atoms with Crippen molar-refractivity contribution in [3.05, 3.63) is 11.6 Å². The number of carbonyl (C=O) groups is 2. The Balaban J connectivity index is 1.93. The summed E-state index contributed by atoms with van der Waals surface area (Å²) in [4.78, 5) is 28.2. The highest BCUT2D eigenvalue weighted by molar-refractivity contribution is 7.13. The molecule has 1 unspecified atom stereocenters. The second-order valence-electron chi connectivity index (χ2n) is 3.48. The molecule has 0 aromatic carbocycles. The van der Waals surface area contributed by atoms with Crippen LogP contribution >= 0.6 is 11.3 Å². The third-order valence-electron chi connectivity index (χ3n) is 2.32. The summed E-state index contributed by atoms with van der Waals surface area (Å²) in [6, 6.07) is -0.297. The summed E-state index contributed by atoms with van der Waals surface area (Å²) in [6.45, 7) is 0.909. The number of hydrogen-bond acceptors (Lipinski definition) is 5. The molecule has 3 amide bonds. The topological polar surface area (TPSA) is 97.6 Å².